The van der Waals surface area contributed by atoms with Gasteiger partial charge in [0.1, 0.15) is 24.1 Å². The summed E-state index contributed by atoms with van der Waals surface area (Å²) in [5, 5.41) is 0. The Hall–Kier alpha value is -6.28. The molecule has 0 saturated heterocycles. The minimum atomic E-state index is 0.430. The number of hydrogen-bond acceptors (Lipinski definition) is 8. The fraction of sp³-hybridized carbons (Fsp3) is 0.100. The van der Waals surface area contributed by atoms with Crippen LogP contribution in [0.15, 0.2) is 97.1 Å². The molecule has 0 saturated carbocycles. The summed E-state index contributed by atoms with van der Waals surface area (Å²) in [5.74, 6) is 4.00. The normalized spacial score (nSPS) is 10.9. The van der Waals surface area contributed by atoms with Gasteiger partial charge < -0.3 is 28.4 Å². The van der Waals surface area contributed by atoms with E-state index in [0.29, 0.717) is 57.1 Å². The Morgan fingerprint density at radius 2 is 0.729 bits per heavy atom. The first-order valence-electron chi connectivity index (χ1n) is 14.9. The van der Waals surface area contributed by atoms with E-state index in [1.807, 2.05) is 72.8 Å². The summed E-state index contributed by atoms with van der Waals surface area (Å²) in [6, 6.07) is 29.1. The van der Waals surface area contributed by atoms with Gasteiger partial charge in [0.25, 0.3) is 0 Å². The van der Waals surface area contributed by atoms with E-state index >= 15 is 0 Å². The molecule has 0 heterocycles. The van der Waals surface area contributed by atoms with Crippen molar-refractivity contribution >= 4 is 36.9 Å². The molecule has 0 atom stereocenters. The average molecular weight is 643 g/mol. The highest BCUT2D eigenvalue weighted by Gasteiger charge is 2.18. The van der Waals surface area contributed by atoms with Crippen LogP contribution in [0.25, 0.3) is 24.3 Å². The third-order valence-corrected chi connectivity index (χ3v) is 7.38. The average Bonchev–Trinajstić information content (AvgIpc) is 3.14. The lowest BCUT2D eigenvalue weighted by Gasteiger charge is -2.16. The van der Waals surface area contributed by atoms with Gasteiger partial charge in [0.05, 0.1) is 28.4 Å². The minimum absolute atomic E-state index is 0.430. The van der Waals surface area contributed by atoms with Crippen LogP contribution in [0.4, 0.5) is 0 Å². The SMILES string of the molecule is COc1ccc(C=Cc2ccc(C=Cc3ccc(OC)c(Oc4ccc(C=O)cc4)c3OC)cc2)c(OC)c1Oc1ccc(C=O)cc1. The molecule has 8 nitrogen and oxygen atoms in total. The number of methoxy groups -OCH3 is 4. The molecule has 0 aliphatic heterocycles. The lowest BCUT2D eigenvalue weighted by Crippen LogP contribution is -1.97. The molecule has 8 heteroatoms. The third kappa shape index (κ3) is 7.74. The summed E-state index contributed by atoms with van der Waals surface area (Å²) in [6.45, 7) is 0. The quantitative estimate of drug-likeness (QED) is 0.0875. The largest absolute Gasteiger partial charge is 0.493 e. The molecule has 242 valence electrons. The number of aldehydes is 2. The Kier molecular flexibility index (Phi) is 10.9. The molecular weight excluding hydrogens is 608 g/mol. The van der Waals surface area contributed by atoms with Gasteiger partial charge in [-0.25, -0.2) is 0 Å². The van der Waals surface area contributed by atoms with Crippen molar-refractivity contribution in [3.05, 3.63) is 130 Å². The molecule has 0 unspecified atom stereocenters. The fourth-order valence-corrected chi connectivity index (χ4v) is 4.87. The van der Waals surface area contributed by atoms with Crippen molar-refractivity contribution in [2.45, 2.75) is 0 Å². The van der Waals surface area contributed by atoms with Gasteiger partial charge in [-0.05, 0) is 83.9 Å². The van der Waals surface area contributed by atoms with Crippen LogP contribution in [-0.2, 0) is 0 Å². The zero-order chi connectivity index (χ0) is 33.9. The van der Waals surface area contributed by atoms with Crippen LogP contribution in [0.3, 0.4) is 0 Å². The van der Waals surface area contributed by atoms with Gasteiger partial charge >= 0.3 is 0 Å². The van der Waals surface area contributed by atoms with Crippen molar-refractivity contribution in [3.63, 3.8) is 0 Å². The number of carbonyl (C=O) groups is 2. The number of ether oxygens (including phenoxy) is 6. The molecule has 0 bridgehead atoms. The van der Waals surface area contributed by atoms with Gasteiger partial charge in [0, 0.05) is 22.3 Å². The molecule has 0 amide bonds. The Bertz CT molecular complexity index is 1780. The van der Waals surface area contributed by atoms with Gasteiger partial charge in [0.15, 0.2) is 23.0 Å². The Morgan fingerprint density at radius 1 is 0.375 bits per heavy atom. The topological polar surface area (TPSA) is 89.5 Å². The molecule has 0 spiro atoms. The number of rotatable bonds is 14. The number of benzene rings is 5. The summed E-state index contributed by atoms with van der Waals surface area (Å²) < 4.78 is 34.8. The summed E-state index contributed by atoms with van der Waals surface area (Å²) in [7, 11) is 6.29. The molecule has 0 fully saturated rings. The Labute approximate surface area is 279 Å². The lowest BCUT2D eigenvalue weighted by molar-refractivity contribution is 0.111. The van der Waals surface area contributed by atoms with Crippen LogP contribution in [0, 0.1) is 0 Å². The highest BCUT2D eigenvalue weighted by Crippen LogP contribution is 2.44. The van der Waals surface area contributed by atoms with E-state index in [9.17, 15) is 9.59 Å². The smallest absolute Gasteiger partial charge is 0.211 e. The molecule has 5 aromatic rings. The second-order valence-electron chi connectivity index (χ2n) is 10.4. The summed E-state index contributed by atoms with van der Waals surface area (Å²) in [5.41, 5.74) is 4.67. The van der Waals surface area contributed by atoms with E-state index in [1.54, 1.807) is 77.0 Å². The maximum atomic E-state index is 11.0. The first kappa shape index (κ1) is 33.1. The van der Waals surface area contributed by atoms with E-state index < -0.39 is 0 Å². The van der Waals surface area contributed by atoms with Crippen molar-refractivity contribution in [2.24, 2.45) is 0 Å². The Balaban J connectivity index is 1.34. The fourth-order valence-electron chi connectivity index (χ4n) is 4.87. The standard InChI is InChI=1S/C40H34O8/c1-43-35-23-17-31(37(45-3)39(35)47-33-19-11-29(25-41)12-20-33)15-9-27-5-7-28(8-6-27)10-16-32-18-24-36(44-2)40(38(32)46-4)48-34-21-13-30(26-42)14-22-34/h5-26H,1-4H3. The van der Waals surface area contributed by atoms with E-state index in [4.69, 9.17) is 28.4 Å². The summed E-state index contributed by atoms with van der Waals surface area (Å²) in [4.78, 5) is 22.1. The first-order valence-corrected chi connectivity index (χ1v) is 14.9. The van der Waals surface area contributed by atoms with Gasteiger partial charge in [-0.15, -0.1) is 0 Å². The maximum Gasteiger partial charge on any atom is 0.211 e. The third-order valence-electron chi connectivity index (χ3n) is 7.38. The van der Waals surface area contributed by atoms with Gasteiger partial charge in [-0.3, -0.25) is 9.59 Å². The van der Waals surface area contributed by atoms with Gasteiger partial charge in [-0.1, -0.05) is 48.6 Å². The zero-order valence-electron chi connectivity index (χ0n) is 27.0. The molecule has 48 heavy (non-hydrogen) atoms. The van der Waals surface area contributed by atoms with E-state index in [0.717, 1.165) is 34.8 Å². The predicted molar refractivity (Wildman–Crippen MR) is 187 cm³/mol. The van der Waals surface area contributed by atoms with Crippen molar-refractivity contribution in [1.82, 2.24) is 0 Å². The van der Waals surface area contributed by atoms with Crippen LogP contribution in [0.1, 0.15) is 43.0 Å². The zero-order valence-corrected chi connectivity index (χ0v) is 27.0. The summed E-state index contributed by atoms with van der Waals surface area (Å²) in [6.07, 6.45) is 9.42. The van der Waals surface area contributed by atoms with Gasteiger partial charge in [-0.2, -0.15) is 0 Å². The second-order valence-corrected chi connectivity index (χ2v) is 10.4. The van der Waals surface area contributed by atoms with Crippen LogP contribution < -0.4 is 28.4 Å². The van der Waals surface area contributed by atoms with E-state index in [2.05, 4.69) is 0 Å². The van der Waals surface area contributed by atoms with E-state index in [1.165, 1.54) is 0 Å². The van der Waals surface area contributed by atoms with Crippen LogP contribution >= 0.6 is 0 Å². The molecule has 0 aromatic heterocycles. The molecule has 5 rings (SSSR count). The molecule has 5 aromatic carbocycles. The first-order chi connectivity index (χ1) is 23.5. The predicted octanol–water partition coefficient (Wildman–Crippen LogP) is 9.27. The Morgan fingerprint density at radius 3 is 1.04 bits per heavy atom. The number of carbonyl (C=O) groups excluding carboxylic acids is 2. The number of hydrogen-bond donors (Lipinski definition) is 0. The molecule has 0 aliphatic rings. The maximum absolute atomic E-state index is 11.0. The molecule has 0 radical (unpaired) electrons. The van der Waals surface area contributed by atoms with Crippen molar-refractivity contribution in [2.75, 3.05) is 28.4 Å². The monoisotopic (exact) mass is 642 g/mol. The molecular formula is C40H34O8. The molecule has 0 N–H and O–H groups in total. The van der Waals surface area contributed by atoms with E-state index in [-0.39, 0.29) is 0 Å². The van der Waals surface area contributed by atoms with Crippen LogP contribution in [0.2, 0.25) is 0 Å². The van der Waals surface area contributed by atoms with Crippen LogP contribution in [-0.4, -0.2) is 41.0 Å². The summed E-state index contributed by atoms with van der Waals surface area (Å²) >= 11 is 0. The lowest BCUT2D eigenvalue weighted by atomic mass is 10.1. The molecule has 0 aliphatic carbocycles. The van der Waals surface area contributed by atoms with Crippen LogP contribution in [0.5, 0.6) is 46.0 Å². The highest BCUT2D eigenvalue weighted by molar-refractivity contribution is 5.79. The van der Waals surface area contributed by atoms with Crippen molar-refractivity contribution in [3.8, 4) is 46.0 Å². The highest BCUT2D eigenvalue weighted by atomic mass is 16.5. The second kappa shape index (κ2) is 15.8. The van der Waals surface area contributed by atoms with Crippen molar-refractivity contribution in [1.29, 1.82) is 0 Å². The minimum Gasteiger partial charge on any atom is -0.493 e. The van der Waals surface area contributed by atoms with Crippen molar-refractivity contribution < 1.29 is 38.0 Å². The van der Waals surface area contributed by atoms with Gasteiger partial charge in [0.2, 0.25) is 11.5 Å².